The van der Waals surface area contributed by atoms with Crippen LogP contribution in [0, 0.1) is 0 Å². The Morgan fingerprint density at radius 1 is 1.36 bits per heavy atom. The first kappa shape index (κ1) is 15.5. The zero-order valence-corrected chi connectivity index (χ0v) is 14.0. The number of amides is 1. The summed E-state index contributed by atoms with van der Waals surface area (Å²) in [6, 6.07) is 2.63. The van der Waals surface area contributed by atoms with Gasteiger partial charge in [0.25, 0.3) is 0 Å². The molecule has 2 aliphatic heterocycles. The molecule has 1 aromatic rings. The van der Waals surface area contributed by atoms with Crippen molar-refractivity contribution in [2.45, 2.75) is 64.0 Å². The maximum Gasteiger partial charge on any atom is 0.239 e. The van der Waals surface area contributed by atoms with Gasteiger partial charge in [-0.2, -0.15) is 5.10 Å². The van der Waals surface area contributed by atoms with Gasteiger partial charge in [-0.25, -0.2) is 0 Å². The largest absolute Gasteiger partial charge is 0.341 e. The molecule has 2 fully saturated rings. The smallest absolute Gasteiger partial charge is 0.239 e. The third-order valence-corrected chi connectivity index (χ3v) is 5.57. The minimum atomic E-state index is 0.108. The fourth-order valence-electron chi connectivity index (χ4n) is 3.97. The number of hydrogen-bond donors (Lipinski definition) is 1. The molecule has 22 heavy (non-hydrogen) atoms. The number of nitrogens with one attached hydrogen (secondary N) is 1. The second-order valence-electron chi connectivity index (χ2n) is 7.35. The highest BCUT2D eigenvalue weighted by atomic mass is 16.2. The highest BCUT2D eigenvalue weighted by Gasteiger charge is 2.39. The van der Waals surface area contributed by atoms with Crippen LogP contribution in [0.5, 0.6) is 0 Å². The van der Waals surface area contributed by atoms with Crippen LogP contribution >= 0.6 is 0 Å². The first-order chi connectivity index (χ1) is 10.5. The van der Waals surface area contributed by atoms with E-state index in [1.54, 1.807) is 0 Å². The summed E-state index contributed by atoms with van der Waals surface area (Å²) in [5.41, 5.74) is 1.32. The van der Waals surface area contributed by atoms with Crippen LogP contribution in [0.3, 0.4) is 0 Å². The molecular weight excluding hydrogens is 276 g/mol. The first-order valence-corrected chi connectivity index (χ1v) is 8.56. The molecule has 5 heteroatoms. The lowest BCUT2D eigenvalue weighted by Crippen LogP contribution is -2.51. The Balaban J connectivity index is 1.63. The molecule has 1 unspecified atom stereocenters. The molecule has 0 radical (unpaired) electrons. The van der Waals surface area contributed by atoms with Crippen molar-refractivity contribution < 1.29 is 4.79 Å². The summed E-state index contributed by atoms with van der Waals surface area (Å²) >= 11 is 0. The van der Waals surface area contributed by atoms with E-state index in [0.717, 1.165) is 45.3 Å². The number of likely N-dealkylation sites (tertiary alicyclic amines) is 2. The molecule has 0 aromatic carbocycles. The van der Waals surface area contributed by atoms with Gasteiger partial charge in [0, 0.05) is 36.4 Å². The Labute approximate surface area is 133 Å². The van der Waals surface area contributed by atoms with Gasteiger partial charge in [-0.05, 0) is 52.1 Å². The highest BCUT2D eigenvalue weighted by Crippen LogP contribution is 2.34. The van der Waals surface area contributed by atoms with Crippen LogP contribution in [-0.2, 0) is 10.2 Å². The zero-order valence-electron chi connectivity index (χ0n) is 14.0. The normalized spacial score (nSPS) is 25.8. The van der Waals surface area contributed by atoms with E-state index in [0.29, 0.717) is 11.9 Å². The number of rotatable bonds is 3. The molecule has 3 heterocycles. The number of piperidine rings is 1. The van der Waals surface area contributed by atoms with Crippen LogP contribution in [0.1, 0.15) is 52.1 Å². The van der Waals surface area contributed by atoms with Crippen molar-refractivity contribution in [3.63, 3.8) is 0 Å². The minimum absolute atomic E-state index is 0.108. The Bertz CT molecular complexity index is 503. The predicted octanol–water partition coefficient (Wildman–Crippen LogP) is 2.16. The standard InChI is InChI=1S/C17H28N4O/c1-13(2)21-10-4-5-14(21)16(22)20-11-7-17(3,8-12-20)15-6-9-18-19-15/h6,9,13-14H,4-5,7-8,10-12H2,1-3H3,(H,18,19). The van der Waals surface area contributed by atoms with Gasteiger partial charge in [0.1, 0.15) is 0 Å². The number of aromatic amines is 1. The van der Waals surface area contributed by atoms with Crippen molar-refractivity contribution >= 4 is 5.91 Å². The Hall–Kier alpha value is -1.36. The Kier molecular flexibility index (Phi) is 4.26. The summed E-state index contributed by atoms with van der Waals surface area (Å²) in [7, 11) is 0. The number of nitrogens with zero attached hydrogens (tertiary/aromatic N) is 3. The van der Waals surface area contributed by atoms with Crippen LogP contribution in [-0.4, -0.2) is 57.6 Å². The Morgan fingerprint density at radius 3 is 2.68 bits per heavy atom. The van der Waals surface area contributed by atoms with Gasteiger partial charge in [0.2, 0.25) is 5.91 Å². The molecule has 3 rings (SSSR count). The summed E-state index contributed by atoms with van der Waals surface area (Å²) in [6.45, 7) is 9.44. The highest BCUT2D eigenvalue weighted by molar-refractivity contribution is 5.82. The van der Waals surface area contributed by atoms with Crippen LogP contribution < -0.4 is 0 Å². The van der Waals surface area contributed by atoms with E-state index < -0.39 is 0 Å². The zero-order chi connectivity index (χ0) is 15.7. The van der Waals surface area contributed by atoms with Gasteiger partial charge in [-0.3, -0.25) is 14.8 Å². The lowest BCUT2D eigenvalue weighted by molar-refractivity contribution is -0.138. The van der Waals surface area contributed by atoms with E-state index in [4.69, 9.17) is 0 Å². The van der Waals surface area contributed by atoms with Crippen molar-refractivity contribution in [2.75, 3.05) is 19.6 Å². The number of aromatic nitrogens is 2. The van der Waals surface area contributed by atoms with Crippen molar-refractivity contribution in [1.29, 1.82) is 0 Å². The summed E-state index contributed by atoms with van der Waals surface area (Å²) in [5.74, 6) is 0.345. The Morgan fingerprint density at radius 2 is 2.09 bits per heavy atom. The minimum Gasteiger partial charge on any atom is -0.341 e. The average molecular weight is 304 g/mol. The molecule has 1 aromatic heterocycles. The quantitative estimate of drug-likeness (QED) is 0.931. The van der Waals surface area contributed by atoms with E-state index in [1.165, 1.54) is 5.69 Å². The van der Waals surface area contributed by atoms with Gasteiger partial charge < -0.3 is 4.90 Å². The lowest BCUT2D eigenvalue weighted by Gasteiger charge is -2.41. The fraction of sp³-hybridized carbons (Fsp3) is 0.765. The first-order valence-electron chi connectivity index (χ1n) is 8.56. The summed E-state index contributed by atoms with van der Waals surface area (Å²) in [4.78, 5) is 17.3. The topological polar surface area (TPSA) is 52.2 Å². The summed E-state index contributed by atoms with van der Waals surface area (Å²) in [6.07, 6.45) is 6.00. The van der Waals surface area contributed by atoms with Crippen molar-refractivity contribution in [3.8, 4) is 0 Å². The van der Waals surface area contributed by atoms with Crippen LogP contribution in [0.25, 0.3) is 0 Å². The monoisotopic (exact) mass is 304 g/mol. The van der Waals surface area contributed by atoms with E-state index in [9.17, 15) is 4.79 Å². The molecule has 0 aliphatic carbocycles. The molecule has 0 bridgehead atoms. The predicted molar refractivity (Wildman–Crippen MR) is 86.6 cm³/mol. The maximum atomic E-state index is 12.9. The third-order valence-electron chi connectivity index (χ3n) is 5.57. The lowest BCUT2D eigenvalue weighted by atomic mass is 9.77. The molecule has 2 aliphatic rings. The molecule has 1 amide bonds. The van der Waals surface area contributed by atoms with Crippen molar-refractivity contribution in [3.05, 3.63) is 18.0 Å². The molecule has 0 saturated carbocycles. The van der Waals surface area contributed by atoms with Gasteiger partial charge in [0.05, 0.1) is 6.04 Å². The molecule has 5 nitrogen and oxygen atoms in total. The van der Waals surface area contributed by atoms with E-state index in [2.05, 4.69) is 46.8 Å². The van der Waals surface area contributed by atoms with E-state index in [1.807, 2.05) is 6.20 Å². The third kappa shape index (κ3) is 2.78. The SMILES string of the molecule is CC(C)N1CCCC1C(=O)N1CCC(C)(c2ccn[nH]2)CC1. The second-order valence-corrected chi connectivity index (χ2v) is 7.35. The molecule has 1 atom stereocenters. The molecule has 1 N–H and O–H groups in total. The molecule has 2 saturated heterocycles. The summed E-state index contributed by atoms with van der Waals surface area (Å²) < 4.78 is 0. The van der Waals surface area contributed by atoms with Crippen molar-refractivity contribution in [1.82, 2.24) is 20.0 Å². The average Bonchev–Trinajstić information content (AvgIpc) is 3.19. The van der Waals surface area contributed by atoms with Crippen LogP contribution in [0.2, 0.25) is 0 Å². The van der Waals surface area contributed by atoms with Crippen LogP contribution in [0.15, 0.2) is 12.3 Å². The number of carbonyl (C=O) groups excluding carboxylic acids is 1. The van der Waals surface area contributed by atoms with E-state index >= 15 is 0 Å². The van der Waals surface area contributed by atoms with Gasteiger partial charge in [0.15, 0.2) is 0 Å². The van der Waals surface area contributed by atoms with Gasteiger partial charge in [-0.1, -0.05) is 6.92 Å². The fourth-order valence-corrected chi connectivity index (χ4v) is 3.97. The van der Waals surface area contributed by atoms with E-state index in [-0.39, 0.29) is 11.5 Å². The van der Waals surface area contributed by atoms with Gasteiger partial charge >= 0.3 is 0 Å². The molecule has 0 spiro atoms. The summed E-state index contributed by atoms with van der Waals surface area (Å²) in [5, 5.41) is 7.18. The van der Waals surface area contributed by atoms with Crippen LogP contribution in [0.4, 0.5) is 0 Å². The number of carbonyl (C=O) groups is 1. The molecular formula is C17H28N4O. The maximum absolute atomic E-state index is 12.9. The second kappa shape index (κ2) is 6.03. The number of H-pyrrole nitrogens is 1. The van der Waals surface area contributed by atoms with Crippen molar-refractivity contribution in [2.24, 2.45) is 0 Å². The number of hydrogen-bond acceptors (Lipinski definition) is 3. The van der Waals surface area contributed by atoms with Gasteiger partial charge in [-0.15, -0.1) is 0 Å². The molecule has 122 valence electrons.